The minimum absolute atomic E-state index is 0.0764. The molecule has 2 amide bonds. The molecule has 0 bridgehead atoms. The number of halogens is 1. The van der Waals surface area contributed by atoms with E-state index >= 15 is 0 Å². The number of hydrogen-bond donors (Lipinski definition) is 3. The van der Waals surface area contributed by atoms with Crippen LogP contribution in [0.5, 0.6) is 0 Å². The standard InChI is InChI=1S/C16H19BrN2O4/c1-10-7-11(3-4-12(10)17)19-14(21)9-18-13(20)8-16(15(22)23)5-2-6-16/h3-4,7H,2,5-6,8-9H2,1H3,(H,18,20)(H,19,21)(H,22,23). The topological polar surface area (TPSA) is 95.5 Å². The first-order chi connectivity index (χ1) is 10.8. The molecule has 0 radical (unpaired) electrons. The zero-order valence-electron chi connectivity index (χ0n) is 12.8. The van der Waals surface area contributed by atoms with Crippen molar-refractivity contribution in [2.45, 2.75) is 32.6 Å². The van der Waals surface area contributed by atoms with Crippen molar-refractivity contribution in [1.82, 2.24) is 5.32 Å². The highest BCUT2D eigenvalue weighted by Crippen LogP contribution is 2.44. The number of carbonyl (C=O) groups excluding carboxylic acids is 2. The molecular weight excluding hydrogens is 364 g/mol. The van der Waals surface area contributed by atoms with Gasteiger partial charge in [-0.15, -0.1) is 0 Å². The molecule has 1 aromatic rings. The van der Waals surface area contributed by atoms with Crippen LogP contribution in [0.25, 0.3) is 0 Å². The number of amides is 2. The highest BCUT2D eigenvalue weighted by molar-refractivity contribution is 9.10. The lowest BCUT2D eigenvalue weighted by Crippen LogP contribution is -2.43. The molecule has 1 saturated carbocycles. The Labute approximate surface area is 142 Å². The van der Waals surface area contributed by atoms with Crippen LogP contribution in [-0.4, -0.2) is 29.4 Å². The Kier molecular flexibility index (Phi) is 5.41. The van der Waals surface area contributed by atoms with Crippen LogP contribution in [0.15, 0.2) is 22.7 Å². The van der Waals surface area contributed by atoms with Gasteiger partial charge in [-0.25, -0.2) is 0 Å². The second kappa shape index (κ2) is 7.12. The lowest BCUT2D eigenvalue weighted by molar-refractivity contribution is -0.157. The molecule has 1 fully saturated rings. The van der Waals surface area contributed by atoms with E-state index in [0.29, 0.717) is 18.5 Å². The number of anilines is 1. The van der Waals surface area contributed by atoms with E-state index in [0.717, 1.165) is 16.5 Å². The van der Waals surface area contributed by atoms with Gasteiger partial charge in [-0.3, -0.25) is 14.4 Å². The number of aliphatic carboxylic acids is 1. The predicted octanol–water partition coefficient (Wildman–Crippen LogP) is 2.46. The predicted molar refractivity (Wildman–Crippen MR) is 89.1 cm³/mol. The van der Waals surface area contributed by atoms with Crippen molar-refractivity contribution < 1.29 is 19.5 Å². The van der Waals surface area contributed by atoms with Gasteiger partial charge >= 0.3 is 5.97 Å². The van der Waals surface area contributed by atoms with Gasteiger partial charge in [0.1, 0.15) is 0 Å². The van der Waals surface area contributed by atoms with Gasteiger partial charge in [0, 0.05) is 16.6 Å². The van der Waals surface area contributed by atoms with E-state index in [1.54, 1.807) is 6.07 Å². The highest BCUT2D eigenvalue weighted by Gasteiger charge is 2.45. The summed E-state index contributed by atoms with van der Waals surface area (Å²) in [6.45, 7) is 1.73. The second-order valence-electron chi connectivity index (χ2n) is 5.90. The lowest BCUT2D eigenvalue weighted by atomic mass is 9.66. The summed E-state index contributed by atoms with van der Waals surface area (Å²) in [5.41, 5.74) is 0.690. The first-order valence-electron chi connectivity index (χ1n) is 7.38. The summed E-state index contributed by atoms with van der Waals surface area (Å²) in [6.07, 6.45) is 1.77. The zero-order chi connectivity index (χ0) is 17.0. The van der Waals surface area contributed by atoms with E-state index in [1.807, 2.05) is 19.1 Å². The van der Waals surface area contributed by atoms with Gasteiger partial charge in [0.05, 0.1) is 12.0 Å². The molecule has 1 aliphatic carbocycles. The molecule has 23 heavy (non-hydrogen) atoms. The summed E-state index contributed by atoms with van der Waals surface area (Å²) in [4.78, 5) is 34.9. The fraction of sp³-hybridized carbons (Fsp3) is 0.438. The van der Waals surface area contributed by atoms with Crippen molar-refractivity contribution in [3.63, 3.8) is 0 Å². The maximum absolute atomic E-state index is 11.9. The van der Waals surface area contributed by atoms with Crippen LogP contribution in [0.2, 0.25) is 0 Å². The average molecular weight is 383 g/mol. The van der Waals surface area contributed by atoms with Gasteiger partial charge in [-0.1, -0.05) is 22.4 Å². The molecule has 0 atom stereocenters. The Hall–Kier alpha value is -1.89. The fourth-order valence-corrected chi connectivity index (χ4v) is 2.79. The Morgan fingerprint density at radius 3 is 2.48 bits per heavy atom. The molecule has 7 heteroatoms. The first-order valence-corrected chi connectivity index (χ1v) is 8.18. The number of carboxylic acids is 1. The Bertz CT molecular complexity index is 641. The van der Waals surface area contributed by atoms with E-state index < -0.39 is 17.3 Å². The molecular formula is C16H19BrN2O4. The van der Waals surface area contributed by atoms with Gasteiger partial charge < -0.3 is 15.7 Å². The minimum atomic E-state index is -0.941. The summed E-state index contributed by atoms with van der Waals surface area (Å²) in [5, 5.41) is 14.4. The van der Waals surface area contributed by atoms with Crippen LogP contribution >= 0.6 is 15.9 Å². The largest absolute Gasteiger partial charge is 0.481 e. The van der Waals surface area contributed by atoms with Crippen molar-refractivity contribution in [3.8, 4) is 0 Å². The van der Waals surface area contributed by atoms with Crippen molar-refractivity contribution in [2.75, 3.05) is 11.9 Å². The SMILES string of the molecule is Cc1cc(NC(=O)CNC(=O)CC2(C(=O)O)CCC2)ccc1Br. The van der Waals surface area contributed by atoms with E-state index in [9.17, 15) is 19.5 Å². The maximum Gasteiger partial charge on any atom is 0.310 e. The fourth-order valence-electron chi connectivity index (χ4n) is 2.55. The normalized spacial score (nSPS) is 15.4. The van der Waals surface area contributed by atoms with Gasteiger partial charge in [-0.05, 0) is 43.5 Å². The van der Waals surface area contributed by atoms with E-state index in [4.69, 9.17) is 0 Å². The monoisotopic (exact) mass is 382 g/mol. The molecule has 6 nitrogen and oxygen atoms in total. The summed E-state index contributed by atoms with van der Waals surface area (Å²) < 4.78 is 0.947. The van der Waals surface area contributed by atoms with Crippen molar-refractivity contribution in [1.29, 1.82) is 0 Å². The number of hydrogen-bond acceptors (Lipinski definition) is 3. The molecule has 0 aromatic heterocycles. The molecule has 0 heterocycles. The van der Waals surface area contributed by atoms with Crippen LogP contribution < -0.4 is 10.6 Å². The van der Waals surface area contributed by atoms with Crippen LogP contribution in [0.3, 0.4) is 0 Å². The molecule has 3 N–H and O–H groups in total. The number of benzene rings is 1. The third-order valence-electron chi connectivity index (χ3n) is 4.15. The first kappa shape index (κ1) is 17.5. The van der Waals surface area contributed by atoms with E-state index in [-0.39, 0.29) is 18.9 Å². The zero-order valence-corrected chi connectivity index (χ0v) is 14.4. The van der Waals surface area contributed by atoms with Crippen molar-refractivity contribution in [2.24, 2.45) is 5.41 Å². The molecule has 0 unspecified atom stereocenters. The number of nitrogens with one attached hydrogen (secondary N) is 2. The third kappa shape index (κ3) is 4.31. The summed E-state index contributed by atoms with van der Waals surface area (Å²) >= 11 is 3.38. The molecule has 0 aliphatic heterocycles. The van der Waals surface area contributed by atoms with Crippen molar-refractivity contribution in [3.05, 3.63) is 28.2 Å². The van der Waals surface area contributed by atoms with Gasteiger partial charge in [0.15, 0.2) is 0 Å². The number of rotatable bonds is 6. The second-order valence-corrected chi connectivity index (χ2v) is 6.76. The molecule has 1 aromatic carbocycles. The maximum atomic E-state index is 11.9. The molecule has 2 rings (SSSR count). The average Bonchev–Trinajstić information content (AvgIpc) is 2.44. The lowest BCUT2D eigenvalue weighted by Gasteiger charge is -2.36. The van der Waals surface area contributed by atoms with Crippen LogP contribution in [0, 0.1) is 12.3 Å². The van der Waals surface area contributed by atoms with E-state index in [2.05, 4.69) is 26.6 Å². The molecule has 124 valence electrons. The quantitative estimate of drug-likeness (QED) is 0.703. The van der Waals surface area contributed by atoms with E-state index in [1.165, 1.54) is 0 Å². The van der Waals surface area contributed by atoms with Crippen LogP contribution in [0.4, 0.5) is 5.69 Å². The summed E-state index contributed by atoms with van der Waals surface area (Å²) in [7, 11) is 0. The molecule has 0 spiro atoms. The molecule has 0 saturated heterocycles. The van der Waals surface area contributed by atoms with Gasteiger partial charge in [-0.2, -0.15) is 0 Å². The third-order valence-corrected chi connectivity index (χ3v) is 5.04. The molecule has 1 aliphatic rings. The van der Waals surface area contributed by atoms with Crippen molar-refractivity contribution >= 4 is 39.4 Å². The summed E-state index contributed by atoms with van der Waals surface area (Å²) in [5.74, 6) is -1.69. The number of carbonyl (C=O) groups is 3. The van der Waals surface area contributed by atoms with Crippen LogP contribution in [-0.2, 0) is 14.4 Å². The smallest absolute Gasteiger partial charge is 0.310 e. The Morgan fingerprint density at radius 1 is 1.26 bits per heavy atom. The number of aryl methyl sites for hydroxylation is 1. The highest BCUT2D eigenvalue weighted by atomic mass is 79.9. The number of carboxylic acid groups (broad SMARTS) is 1. The van der Waals surface area contributed by atoms with Gasteiger partial charge in [0.2, 0.25) is 11.8 Å². The Balaban J connectivity index is 1.81. The Morgan fingerprint density at radius 2 is 1.96 bits per heavy atom. The van der Waals surface area contributed by atoms with Gasteiger partial charge in [0.25, 0.3) is 0 Å². The van der Waals surface area contributed by atoms with Crippen LogP contribution in [0.1, 0.15) is 31.2 Å². The minimum Gasteiger partial charge on any atom is -0.481 e. The summed E-state index contributed by atoms with van der Waals surface area (Å²) in [6, 6.07) is 5.40.